The number of rotatable bonds is 4. The van der Waals surface area contributed by atoms with Crippen molar-refractivity contribution in [2.24, 2.45) is 0 Å². The highest BCUT2D eigenvalue weighted by Crippen LogP contribution is 2.25. The first kappa shape index (κ1) is 14.9. The van der Waals surface area contributed by atoms with Crippen LogP contribution in [0.15, 0.2) is 42.5 Å². The highest BCUT2D eigenvalue weighted by Gasteiger charge is 2.11. The van der Waals surface area contributed by atoms with Gasteiger partial charge in [0.15, 0.2) is 0 Å². The van der Waals surface area contributed by atoms with Crippen molar-refractivity contribution in [1.82, 2.24) is 0 Å². The minimum atomic E-state index is -0.653. The maximum Gasteiger partial charge on any atom is 0.0976 e. The van der Waals surface area contributed by atoms with Gasteiger partial charge in [-0.3, -0.25) is 0 Å². The standard InChI is InChI=1S/C14H12Cl2INO/c15-9-5-6-13(12(17)7-9)18-8-14(19)10-3-1-2-4-11(10)16/h1-7,14,18-19H,8H2. The first-order chi connectivity index (χ1) is 9.08. The summed E-state index contributed by atoms with van der Waals surface area (Å²) in [6.45, 7) is 0.390. The summed E-state index contributed by atoms with van der Waals surface area (Å²) < 4.78 is 1.01. The van der Waals surface area contributed by atoms with Crippen LogP contribution in [0, 0.1) is 3.57 Å². The Kier molecular flexibility index (Phi) is 5.33. The molecule has 1 unspecified atom stereocenters. The van der Waals surface area contributed by atoms with E-state index in [1.807, 2.05) is 36.4 Å². The molecule has 100 valence electrons. The largest absolute Gasteiger partial charge is 0.387 e. The molecule has 0 aliphatic heterocycles. The molecule has 0 spiro atoms. The number of aliphatic hydroxyl groups excluding tert-OH is 1. The van der Waals surface area contributed by atoms with Crippen molar-refractivity contribution in [2.45, 2.75) is 6.10 Å². The molecule has 2 nitrogen and oxygen atoms in total. The molecule has 0 aliphatic rings. The van der Waals surface area contributed by atoms with Gasteiger partial charge in [0.05, 0.1) is 6.10 Å². The fraction of sp³-hybridized carbons (Fsp3) is 0.143. The van der Waals surface area contributed by atoms with Gasteiger partial charge in [0.1, 0.15) is 0 Å². The SMILES string of the molecule is OC(CNc1ccc(Cl)cc1I)c1ccccc1Cl. The lowest BCUT2D eigenvalue weighted by Crippen LogP contribution is -2.13. The minimum Gasteiger partial charge on any atom is -0.387 e. The smallest absolute Gasteiger partial charge is 0.0976 e. The van der Waals surface area contributed by atoms with Gasteiger partial charge in [-0.25, -0.2) is 0 Å². The van der Waals surface area contributed by atoms with Crippen molar-refractivity contribution < 1.29 is 5.11 Å². The highest BCUT2D eigenvalue weighted by atomic mass is 127. The average molecular weight is 408 g/mol. The van der Waals surface area contributed by atoms with E-state index in [0.717, 1.165) is 14.8 Å². The minimum absolute atomic E-state index is 0.390. The van der Waals surface area contributed by atoms with Crippen LogP contribution in [-0.2, 0) is 0 Å². The van der Waals surface area contributed by atoms with Crippen LogP contribution in [0.2, 0.25) is 10.0 Å². The van der Waals surface area contributed by atoms with Crippen molar-refractivity contribution >= 4 is 51.5 Å². The molecule has 0 aliphatic carbocycles. The number of benzene rings is 2. The van der Waals surface area contributed by atoms with E-state index in [1.54, 1.807) is 6.07 Å². The first-order valence-electron chi connectivity index (χ1n) is 5.69. The number of hydrogen-bond acceptors (Lipinski definition) is 2. The second-order valence-corrected chi connectivity index (χ2v) is 6.05. The molecule has 2 aromatic carbocycles. The third-order valence-electron chi connectivity index (χ3n) is 2.68. The summed E-state index contributed by atoms with van der Waals surface area (Å²) in [5, 5.41) is 14.6. The van der Waals surface area contributed by atoms with Gasteiger partial charge >= 0.3 is 0 Å². The summed E-state index contributed by atoms with van der Waals surface area (Å²) in [6, 6.07) is 12.9. The number of nitrogens with one attached hydrogen (secondary N) is 1. The molecule has 0 heterocycles. The Morgan fingerprint density at radius 2 is 1.89 bits per heavy atom. The van der Waals surface area contributed by atoms with Crippen LogP contribution in [-0.4, -0.2) is 11.7 Å². The lowest BCUT2D eigenvalue weighted by molar-refractivity contribution is 0.191. The van der Waals surface area contributed by atoms with Gasteiger partial charge in [-0.05, 0) is 46.9 Å². The number of halogens is 3. The molecular weight excluding hydrogens is 396 g/mol. The van der Waals surface area contributed by atoms with Gasteiger partial charge < -0.3 is 10.4 Å². The van der Waals surface area contributed by atoms with Crippen molar-refractivity contribution in [3.8, 4) is 0 Å². The number of anilines is 1. The predicted molar refractivity (Wildman–Crippen MR) is 89.1 cm³/mol. The lowest BCUT2D eigenvalue weighted by atomic mass is 10.1. The van der Waals surface area contributed by atoms with E-state index in [0.29, 0.717) is 16.6 Å². The third kappa shape index (κ3) is 3.99. The van der Waals surface area contributed by atoms with Crippen molar-refractivity contribution in [3.63, 3.8) is 0 Å². The molecule has 2 aromatic rings. The maximum absolute atomic E-state index is 10.1. The van der Waals surface area contributed by atoms with Gasteiger partial charge in [-0.2, -0.15) is 0 Å². The fourth-order valence-corrected chi connectivity index (χ4v) is 3.02. The summed E-state index contributed by atoms with van der Waals surface area (Å²) in [7, 11) is 0. The molecule has 19 heavy (non-hydrogen) atoms. The van der Waals surface area contributed by atoms with Gasteiger partial charge in [0.2, 0.25) is 0 Å². The van der Waals surface area contributed by atoms with Gasteiger partial charge in [0, 0.05) is 31.4 Å². The molecule has 0 radical (unpaired) electrons. The van der Waals surface area contributed by atoms with E-state index in [1.165, 1.54) is 0 Å². The molecule has 0 aromatic heterocycles. The molecule has 2 N–H and O–H groups in total. The van der Waals surface area contributed by atoms with Gasteiger partial charge in [-0.15, -0.1) is 0 Å². The van der Waals surface area contributed by atoms with Crippen molar-refractivity contribution in [3.05, 3.63) is 61.6 Å². The van der Waals surface area contributed by atoms with Gasteiger partial charge in [-0.1, -0.05) is 41.4 Å². The molecule has 0 saturated heterocycles. The zero-order chi connectivity index (χ0) is 13.8. The summed E-state index contributed by atoms with van der Waals surface area (Å²) in [5.74, 6) is 0. The topological polar surface area (TPSA) is 32.3 Å². The van der Waals surface area contributed by atoms with Crippen LogP contribution < -0.4 is 5.32 Å². The number of hydrogen-bond donors (Lipinski definition) is 2. The van der Waals surface area contributed by atoms with Crippen molar-refractivity contribution in [1.29, 1.82) is 0 Å². The summed E-state index contributed by atoms with van der Waals surface area (Å²) in [5.41, 5.74) is 1.66. The Morgan fingerprint density at radius 3 is 2.58 bits per heavy atom. The molecule has 0 bridgehead atoms. The second kappa shape index (κ2) is 6.79. The molecular formula is C14H12Cl2INO. The Balaban J connectivity index is 2.04. The Hall–Kier alpha value is -0.490. The summed E-state index contributed by atoms with van der Waals surface area (Å²) in [4.78, 5) is 0. The Morgan fingerprint density at radius 1 is 1.16 bits per heavy atom. The quantitative estimate of drug-likeness (QED) is 0.717. The fourth-order valence-electron chi connectivity index (χ4n) is 1.69. The van der Waals surface area contributed by atoms with Crippen LogP contribution in [0.5, 0.6) is 0 Å². The van der Waals surface area contributed by atoms with E-state index in [-0.39, 0.29) is 0 Å². The van der Waals surface area contributed by atoms with Crippen LogP contribution >= 0.6 is 45.8 Å². The van der Waals surface area contributed by atoms with E-state index in [9.17, 15) is 5.11 Å². The zero-order valence-corrected chi connectivity index (χ0v) is 13.6. The Labute approximate surface area is 135 Å². The molecule has 0 fully saturated rings. The van der Waals surface area contributed by atoms with E-state index < -0.39 is 6.10 Å². The Bertz CT molecular complexity index is 577. The molecule has 2 rings (SSSR count). The summed E-state index contributed by atoms with van der Waals surface area (Å²) in [6.07, 6.45) is -0.653. The van der Waals surface area contributed by atoms with Crippen LogP contribution in [0.1, 0.15) is 11.7 Å². The van der Waals surface area contributed by atoms with E-state index in [2.05, 4.69) is 27.9 Å². The predicted octanol–water partition coefficient (Wildman–Crippen LogP) is 4.74. The molecule has 1 atom stereocenters. The molecule has 0 saturated carbocycles. The number of aliphatic hydroxyl groups is 1. The summed E-state index contributed by atoms with van der Waals surface area (Å²) >= 11 is 14.1. The van der Waals surface area contributed by atoms with Crippen LogP contribution in [0.25, 0.3) is 0 Å². The van der Waals surface area contributed by atoms with Crippen LogP contribution in [0.3, 0.4) is 0 Å². The second-order valence-electron chi connectivity index (χ2n) is 4.04. The molecule has 0 amide bonds. The van der Waals surface area contributed by atoms with Crippen molar-refractivity contribution in [2.75, 3.05) is 11.9 Å². The van der Waals surface area contributed by atoms with Crippen LogP contribution in [0.4, 0.5) is 5.69 Å². The zero-order valence-electron chi connectivity index (χ0n) is 9.91. The maximum atomic E-state index is 10.1. The lowest BCUT2D eigenvalue weighted by Gasteiger charge is -2.15. The molecule has 5 heteroatoms. The average Bonchev–Trinajstić information content (AvgIpc) is 2.38. The third-order valence-corrected chi connectivity index (χ3v) is 4.15. The first-order valence-corrected chi connectivity index (χ1v) is 7.53. The van der Waals surface area contributed by atoms with E-state index in [4.69, 9.17) is 23.2 Å². The highest BCUT2D eigenvalue weighted by molar-refractivity contribution is 14.1. The van der Waals surface area contributed by atoms with Gasteiger partial charge in [0.25, 0.3) is 0 Å². The normalized spacial score (nSPS) is 12.2. The van der Waals surface area contributed by atoms with E-state index >= 15 is 0 Å². The monoisotopic (exact) mass is 407 g/mol.